The number of rotatable bonds is 1. The standard InChI is InChI=1S/C5H9NO/c1-5(2,3-6)4-7/h7H,4H2,1-2H3. The number of nitrogens with zero attached hydrogens (tertiary/aromatic N) is 1. The molecule has 40 valence electrons. The van der Waals surface area contributed by atoms with Crippen molar-refractivity contribution in [2.24, 2.45) is 5.41 Å². The van der Waals surface area contributed by atoms with Crippen molar-refractivity contribution in [3.05, 3.63) is 0 Å². The van der Waals surface area contributed by atoms with E-state index in [9.17, 15) is 0 Å². The van der Waals surface area contributed by atoms with Crippen molar-refractivity contribution in [2.75, 3.05) is 6.61 Å². The topological polar surface area (TPSA) is 44.0 Å². The second kappa shape index (κ2) is 1.94. The van der Waals surface area contributed by atoms with Gasteiger partial charge in [0.05, 0.1) is 18.1 Å². The first-order valence-corrected chi connectivity index (χ1v) is 2.14. The van der Waals surface area contributed by atoms with E-state index in [1.54, 1.807) is 13.8 Å². The summed E-state index contributed by atoms with van der Waals surface area (Å²) < 4.78 is 0. The van der Waals surface area contributed by atoms with Crippen LogP contribution in [0.15, 0.2) is 0 Å². The van der Waals surface area contributed by atoms with E-state index in [1.165, 1.54) is 0 Å². The number of aliphatic hydroxyl groups excluding tert-OH is 1. The smallest absolute Gasteiger partial charge is 0.0748 e. The molecule has 0 atom stereocenters. The number of nitriles is 1. The Bertz CT molecular complexity index is 90.7. The lowest BCUT2D eigenvalue weighted by molar-refractivity contribution is 0.205. The SMILES string of the molecule is CC(C)(C#N)CO. The van der Waals surface area contributed by atoms with Gasteiger partial charge >= 0.3 is 0 Å². The van der Waals surface area contributed by atoms with Crippen LogP contribution in [0.2, 0.25) is 0 Å². The highest BCUT2D eigenvalue weighted by atomic mass is 16.3. The van der Waals surface area contributed by atoms with E-state index < -0.39 is 5.41 Å². The third kappa shape index (κ3) is 2.18. The molecule has 0 saturated carbocycles. The van der Waals surface area contributed by atoms with Crippen LogP contribution in [0.3, 0.4) is 0 Å². The van der Waals surface area contributed by atoms with Crippen LogP contribution in [0.5, 0.6) is 0 Å². The van der Waals surface area contributed by atoms with Crippen LogP contribution >= 0.6 is 0 Å². The molecular weight excluding hydrogens is 90.1 g/mol. The average molecular weight is 99.1 g/mol. The van der Waals surface area contributed by atoms with Crippen molar-refractivity contribution in [1.82, 2.24) is 0 Å². The largest absolute Gasteiger partial charge is 0.395 e. The van der Waals surface area contributed by atoms with Crippen molar-refractivity contribution < 1.29 is 5.11 Å². The van der Waals surface area contributed by atoms with Crippen LogP contribution < -0.4 is 0 Å². The fraction of sp³-hybridized carbons (Fsp3) is 0.800. The van der Waals surface area contributed by atoms with Crippen molar-refractivity contribution in [2.45, 2.75) is 13.8 Å². The van der Waals surface area contributed by atoms with Gasteiger partial charge in [-0.1, -0.05) is 0 Å². The first-order valence-electron chi connectivity index (χ1n) is 2.14. The van der Waals surface area contributed by atoms with E-state index in [0.29, 0.717) is 0 Å². The minimum atomic E-state index is -0.556. The Morgan fingerprint density at radius 1 is 1.71 bits per heavy atom. The third-order valence-corrected chi connectivity index (χ3v) is 0.698. The molecule has 0 unspecified atom stereocenters. The molecule has 0 saturated heterocycles. The molecule has 0 fully saturated rings. The fourth-order valence-corrected chi connectivity index (χ4v) is 0.0354. The summed E-state index contributed by atoms with van der Waals surface area (Å²) in [6.45, 7) is 3.31. The van der Waals surface area contributed by atoms with E-state index in [2.05, 4.69) is 0 Å². The number of hydrogen-bond donors (Lipinski definition) is 1. The molecule has 2 heteroatoms. The Morgan fingerprint density at radius 3 is 2.14 bits per heavy atom. The first-order chi connectivity index (χ1) is 3.12. The van der Waals surface area contributed by atoms with E-state index in [1.807, 2.05) is 6.07 Å². The van der Waals surface area contributed by atoms with Crippen molar-refractivity contribution in [1.29, 1.82) is 5.26 Å². The normalized spacial score (nSPS) is 10.6. The van der Waals surface area contributed by atoms with E-state index in [0.717, 1.165) is 0 Å². The van der Waals surface area contributed by atoms with Crippen LogP contribution in [-0.4, -0.2) is 11.7 Å². The molecule has 0 aromatic carbocycles. The predicted octanol–water partition coefficient (Wildman–Crippen LogP) is 0.528. The van der Waals surface area contributed by atoms with Crippen LogP contribution in [-0.2, 0) is 0 Å². The monoisotopic (exact) mass is 99.1 g/mol. The molecule has 0 aromatic heterocycles. The number of aliphatic hydroxyl groups is 1. The molecule has 0 aliphatic carbocycles. The summed E-state index contributed by atoms with van der Waals surface area (Å²) in [6, 6.07) is 1.94. The lowest BCUT2D eigenvalue weighted by atomic mass is 9.98. The Kier molecular flexibility index (Phi) is 1.79. The summed E-state index contributed by atoms with van der Waals surface area (Å²) in [4.78, 5) is 0. The highest BCUT2D eigenvalue weighted by Gasteiger charge is 2.12. The molecule has 0 rings (SSSR count). The summed E-state index contributed by atoms with van der Waals surface area (Å²) in [5.74, 6) is 0. The molecule has 0 radical (unpaired) electrons. The zero-order valence-corrected chi connectivity index (χ0v) is 4.60. The predicted molar refractivity (Wildman–Crippen MR) is 26.5 cm³/mol. The van der Waals surface area contributed by atoms with Gasteiger partial charge in [0.2, 0.25) is 0 Å². The second-order valence-corrected chi connectivity index (χ2v) is 2.15. The van der Waals surface area contributed by atoms with Crippen molar-refractivity contribution in [3.8, 4) is 6.07 Å². The minimum Gasteiger partial charge on any atom is -0.395 e. The van der Waals surface area contributed by atoms with E-state index >= 15 is 0 Å². The fourth-order valence-electron chi connectivity index (χ4n) is 0.0354. The summed E-state index contributed by atoms with van der Waals surface area (Å²) in [5, 5.41) is 16.6. The average Bonchev–Trinajstić information content (AvgIpc) is 1.68. The van der Waals surface area contributed by atoms with Gasteiger partial charge in [0.1, 0.15) is 0 Å². The second-order valence-electron chi connectivity index (χ2n) is 2.15. The molecule has 0 aromatic rings. The highest BCUT2D eigenvalue weighted by Crippen LogP contribution is 2.09. The summed E-state index contributed by atoms with van der Waals surface area (Å²) in [5.41, 5.74) is -0.556. The van der Waals surface area contributed by atoms with E-state index in [-0.39, 0.29) is 6.61 Å². The van der Waals surface area contributed by atoms with Crippen molar-refractivity contribution >= 4 is 0 Å². The highest BCUT2D eigenvalue weighted by molar-refractivity contribution is 4.90. The Labute approximate surface area is 43.4 Å². The quantitative estimate of drug-likeness (QED) is 0.521. The van der Waals surface area contributed by atoms with Crippen LogP contribution in [0.25, 0.3) is 0 Å². The zero-order chi connectivity index (χ0) is 5.91. The maximum absolute atomic E-state index is 8.37. The Balaban J connectivity index is 3.66. The van der Waals surface area contributed by atoms with Gasteiger partial charge in [-0.3, -0.25) is 0 Å². The van der Waals surface area contributed by atoms with Crippen LogP contribution in [0.1, 0.15) is 13.8 Å². The molecule has 0 amide bonds. The molecule has 0 aliphatic rings. The van der Waals surface area contributed by atoms with Gasteiger partial charge in [-0.05, 0) is 13.8 Å². The maximum atomic E-state index is 8.37. The molecule has 0 aliphatic heterocycles. The summed E-state index contributed by atoms with van der Waals surface area (Å²) in [7, 11) is 0. The van der Waals surface area contributed by atoms with Gasteiger partial charge in [-0.25, -0.2) is 0 Å². The Hall–Kier alpha value is -0.550. The molecule has 0 spiro atoms. The summed E-state index contributed by atoms with van der Waals surface area (Å²) in [6.07, 6.45) is 0. The van der Waals surface area contributed by atoms with E-state index in [4.69, 9.17) is 10.4 Å². The first kappa shape index (κ1) is 6.45. The van der Waals surface area contributed by atoms with Crippen molar-refractivity contribution in [3.63, 3.8) is 0 Å². The van der Waals surface area contributed by atoms with Gasteiger partial charge in [0.25, 0.3) is 0 Å². The van der Waals surface area contributed by atoms with Crippen LogP contribution in [0, 0.1) is 16.7 Å². The molecular formula is C5H9NO. The molecule has 2 nitrogen and oxygen atoms in total. The molecule has 7 heavy (non-hydrogen) atoms. The van der Waals surface area contributed by atoms with Gasteiger partial charge in [-0.2, -0.15) is 5.26 Å². The van der Waals surface area contributed by atoms with Gasteiger partial charge in [0.15, 0.2) is 0 Å². The zero-order valence-electron chi connectivity index (χ0n) is 4.60. The maximum Gasteiger partial charge on any atom is 0.0748 e. The molecule has 0 bridgehead atoms. The number of hydrogen-bond acceptors (Lipinski definition) is 2. The van der Waals surface area contributed by atoms with Crippen LogP contribution in [0.4, 0.5) is 0 Å². The molecule has 0 heterocycles. The molecule has 1 N–H and O–H groups in total. The lowest BCUT2D eigenvalue weighted by Crippen LogP contribution is -2.12. The van der Waals surface area contributed by atoms with Gasteiger partial charge in [0, 0.05) is 0 Å². The van der Waals surface area contributed by atoms with Gasteiger partial charge < -0.3 is 5.11 Å². The summed E-state index contributed by atoms with van der Waals surface area (Å²) >= 11 is 0. The minimum absolute atomic E-state index is 0.0660. The lowest BCUT2D eigenvalue weighted by Gasteiger charge is -2.07. The van der Waals surface area contributed by atoms with Gasteiger partial charge in [-0.15, -0.1) is 0 Å². The Morgan fingerprint density at radius 2 is 2.14 bits per heavy atom. The third-order valence-electron chi connectivity index (χ3n) is 0.698.